The Kier molecular flexibility index (Phi) is 6.83. The SMILES string of the molecule is CCOc1ccc(/C=N/OC(C)C(=O)Nc2ccc(OC)cc2)cc1. The number of nitrogens with one attached hydrogen (secondary N) is 1. The largest absolute Gasteiger partial charge is 0.497 e. The van der Waals surface area contributed by atoms with Gasteiger partial charge in [0.05, 0.1) is 19.9 Å². The quantitative estimate of drug-likeness (QED) is 0.589. The Morgan fingerprint density at radius 2 is 1.76 bits per heavy atom. The number of hydrogen-bond acceptors (Lipinski definition) is 5. The number of ether oxygens (including phenoxy) is 2. The number of amides is 1. The van der Waals surface area contributed by atoms with Gasteiger partial charge >= 0.3 is 0 Å². The minimum Gasteiger partial charge on any atom is -0.497 e. The van der Waals surface area contributed by atoms with Crippen molar-refractivity contribution in [1.82, 2.24) is 0 Å². The molecule has 6 heteroatoms. The molecule has 0 aliphatic rings. The summed E-state index contributed by atoms with van der Waals surface area (Å²) < 4.78 is 10.4. The first-order valence-electron chi connectivity index (χ1n) is 7.99. The van der Waals surface area contributed by atoms with Crippen LogP contribution in [0, 0.1) is 0 Å². The molecule has 0 aromatic heterocycles. The van der Waals surface area contributed by atoms with Crippen LogP contribution in [0.2, 0.25) is 0 Å². The zero-order valence-corrected chi connectivity index (χ0v) is 14.6. The molecule has 0 aliphatic carbocycles. The van der Waals surface area contributed by atoms with Crippen LogP contribution in [0.15, 0.2) is 53.7 Å². The summed E-state index contributed by atoms with van der Waals surface area (Å²) >= 11 is 0. The smallest absolute Gasteiger partial charge is 0.267 e. The van der Waals surface area contributed by atoms with Crippen molar-refractivity contribution < 1.29 is 19.1 Å². The fourth-order valence-corrected chi connectivity index (χ4v) is 1.97. The molecule has 1 N–H and O–H groups in total. The van der Waals surface area contributed by atoms with E-state index in [0.717, 1.165) is 17.1 Å². The monoisotopic (exact) mass is 342 g/mol. The molecular weight excluding hydrogens is 320 g/mol. The molecule has 0 spiro atoms. The van der Waals surface area contributed by atoms with E-state index in [-0.39, 0.29) is 5.91 Å². The van der Waals surface area contributed by atoms with Crippen LogP contribution in [0.25, 0.3) is 0 Å². The molecule has 0 bridgehead atoms. The third kappa shape index (κ3) is 5.84. The molecule has 6 nitrogen and oxygen atoms in total. The van der Waals surface area contributed by atoms with Gasteiger partial charge in [0, 0.05) is 5.69 Å². The summed E-state index contributed by atoms with van der Waals surface area (Å²) in [6.07, 6.45) is 0.827. The minimum absolute atomic E-state index is 0.283. The highest BCUT2D eigenvalue weighted by molar-refractivity contribution is 5.94. The van der Waals surface area contributed by atoms with Crippen molar-refractivity contribution in [3.63, 3.8) is 0 Å². The zero-order chi connectivity index (χ0) is 18.1. The normalized spacial score (nSPS) is 11.8. The average Bonchev–Trinajstić information content (AvgIpc) is 2.64. The van der Waals surface area contributed by atoms with Crippen LogP contribution < -0.4 is 14.8 Å². The third-order valence-electron chi connectivity index (χ3n) is 3.34. The van der Waals surface area contributed by atoms with Crippen LogP contribution >= 0.6 is 0 Å². The van der Waals surface area contributed by atoms with Crippen LogP contribution in [-0.4, -0.2) is 31.9 Å². The molecule has 1 atom stereocenters. The second-order valence-electron chi connectivity index (χ2n) is 5.20. The number of carbonyl (C=O) groups excluding carboxylic acids is 1. The van der Waals surface area contributed by atoms with E-state index in [1.807, 2.05) is 31.2 Å². The average molecular weight is 342 g/mol. The molecule has 1 unspecified atom stereocenters. The molecule has 0 radical (unpaired) electrons. The van der Waals surface area contributed by atoms with Gasteiger partial charge in [0.2, 0.25) is 6.10 Å². The van der Waals surface area contributed by atoms with Crippen LogP contribution in [-0.2, 0) is 9.63 Å². The topological polar surface area (TPSA) is 69.2 Å². The van der Waals surface area contributed by atoms with Crippen LogP contribution in [0.1, 0.15) is 19.4 Å². The van der Waals surface area contributed by atoms with Gasteiger partial charge in [0.25, 0.3) is 5.91 Å². The van der Waals surface area contributed by atoms with Gasteiger partial charge in [0.15, 0.2) is 0 Å². The van der Waals surface area contributed by atoms with E-state index in [4.69, 9.17) is 14.3 Å². The number of rotatable bonds is 8. The van der Waals surface area contributed by atoms with Crippen LogP contribution in [0.3, 0.4) is 0 Å². The van der Waals surface area contributed by atoms with Crippen molar-refractivity contribution in [3.05, 3.63) is 54.1 Å². The predicted octanol–water partition coefficient (Wildman–Crippen LogP) is 3.47. The van der Waals surface area contributed by atoms with Gasteiger partial charge in [-0.1, -0.05) is 5.16 Å². The maximum absolute atomic E-state index is 12.1. The van der Waals surface area contributed by atoms with E-state index in [0.29, 0.717) is 12.3 Å². The lowest BCUT2D eigenvalue weighted by atomic mass is 10.2. The summed E-state index contributed by atoms with van der Waals surface area (Å²) in [5, 5.41) is 6.61. The van der Waals surface area contributed by atoms with Crippen molar-refractivity contribution in [2.75, 3.05) is 19.0 Å². The number of hydrogen-bond donors (Lipinski definition) is 1. The summed E-state index contributed by atoms with van der Waals surface area (Å²) in [6.45, 7) is 4.19. The maximum atomic E-state index is 12.1. The molecule has 1 amide bonds. The van der Waals surface area contributed by atoms with Crippen molar-refractivity contribution in [1.29, 1.82) is 0 Å². The Morgan fingerprint density at radius 3 is 2.36 bits per heavy atom. The highest BCUT2D eigenvalue weighted by Crippen LogP contribution is 2.15. The zero-order valence-electron chi connectivity index (χ0n) is 14.6. The van der Waals surface area contributed by atoms with E-state index < -0.39 is 6.10 Å². The van der Waals surface area contributed by atoms with Crippen molar-refractivity contribution in [3.8, 4) is 11.5 Å². The summed E-state index contributed by atoms with van der Waals surface area (Å²) in [5.74, 6) is 1.24. The number of nitrogens with zero attached hydrogens (tertiary/aromatic N) is 1. The van der Waals surface area contributed by atoms with E-state index in [9.17, 15) is 4.79 Å². The van der Waals surface area contributed by atoms with Crippen LogP contribution in [0.5, 0.6) is 11.5 Å². The molecule has 0 saturated heterocycles. The molecule has 0 saturated carbocycles. The molecule has 0 aliphatic heterocycles. The molecule has 2 aromatic carbocycles. The van der Waals surface area contributed by atoms with Crippen molar-refractivity contribution >= 4 is 17.8 Å². The predicted molar refractivity (Wildman–Crippen MR) is 97.4 cm³/mol. The molecular formula is C19H22N2O4. The van der Waals surface area contributed by atoms with E-state index in [1.54, 1.807) is 44.5 Å². The summed E-state index contributed by atoms with van der Waals surface area (Å²) in [7, 11) is 1.59. The molecule has 2 rings (SSSR count). The Labute approximate surface area is 147 Å². The van der Waals surface area contributed by atoms with E-state index in [1.165, 1.54) is 0 Å². The van der Waals surface area contributed by atoms with Gasteiger partial charge < -0.3 is 19.6 Å². The summed E-state index contributed by atoms with van der Waals surface area (Å²) in [6, 6.07) is 14.5. The fraction of sp³-hybridized carbons (Fsp3) is 0.263. The van der Waals surface area contributed by atoms with Crippen molar-refractivity contribution in [2.45, 2.75) is 20.0 Å². The van der Waals surface area contributed by atoms with Gasteiger partial charge in [-0.15, -0.1) is 0 Å². The van der Waals surface area contributed by atoms with Gasteiger partial charge in [0.1, 0.15) is 11.5 Å². The number of methoxy groups -OCH3 is 1. The van der Waals surface area contributed by atoms with Gasteiger partial charge in [-0.25, -0.2) is 0 Å². The third-order valence-corrected chi connectivity index (χ3v) is 3.34. The number of oxime groups is 1. The summed E-state index contributed by atoms with van der Waals surface area (Å²) in [5.41, 5.74) is 1.52. The lowest BCUT2D eigenvalue weighted by molar-refractivity contribution is -0.126. The number of anilines is 1. The highest BCUT2D eigenvalue weighted by Gasteiger charge is 2.14. The van der Waals surface area contributed by atoms with Gasteiger partial charge in [-0.2, -0.15) is 0 Å². The van der Waals surface area contributed by atoms with Gasteiger partial charge in [-0.3, -0.25) is 4.79 Å². The molecule has 0 fully saturated rings. The van der Waals surface area contributed by atoms with E-state index >= 15 is 0 Å². The Hall–Kier alpha value is -3.02. The Morgan fingerprint density at radius 1 is 1.12 bits per heavy atom. The van der Waals surface area contributed by atoms with Crippen molar-refractivity contribution in [2.24, 2.45) is 5.16 Å². The second-order valence-corrected chi connectivity index (χ2v) is 5.20. The number of carbonyl (C=O) groups is 1. The lowest BCUT2D eigenvalue weighted by Gasteiger charge is -2.10. The lowest BCUT2D eigenvalue weighted by Crippen LogP contribution is -2.26. The second kappa shape index (κ2) is 9.32. The number of benzene rings is 2. The van der Waals surface area contributed by atoms with Crippen LogP contribution in [0.4, 0.5) is 5.69 Å². The Balaban J connectivity index is 1.83. The molecule has 25 heavy (non-hydrogen) atoms. The first-order chi connectivity index (χ1) is 12.1. The maximum Gasteiger partial charge on any atom is 0.267 e. The molecule has 2 aromatic rings. The minimum atomic E-state index is -0.721. The summed E-state index contributed by atoms with van der Waals surface area (Å²) in [4.78, 5) is 17.3. The Bertz CT molecular complexity index is 696. The van der Waals surface area contributed by atoms with E-state index in [2.05, 4.69) is 10.5 Å². The van der Waals surface area contributed by atoms with Gasteiger partial charge in [-0.05, 0) is 67.9 Å². The molecule has 132 valence electrons. The highest BCUT2D eigenvalue weighted by atomic mass is 16.6. The standard InChI is InChI=1S/C19H22N2O4/c1-4-24-18-9-5-15(6-10-18)13-20-25-14(2)19(22)21-16-7-11-17(23-3)12-8-16/h5-14H,4H2,1-3H3,(H,21,22)/b20-13+. The fourth-order valence-electron chi connectivity index (χ4n) is 1.97. The first-order valence-corrected chi connectivity index (χ1v) is 7.99. The first kappa shape index (κ1) is 18.3. The molecule has 0 heterocycles.